The first-order chi connectivity index (χ1) is 22.4. The molecule has 0 unspecified atom stereocenters. The van der Waals surface area contributed by atoms with Gasteiger partial charge in [0.25, 0.3) is 0 Å². The quantitative estimate of drug-likeness (QED) is 0.198. The summed E-state index contributed by atoms with van der Waals surface area (Å²) in [4.78, 5) is 37.7. The number of esters is 1. The number of nitrogen functional groups attached to an aromatic ring is 1. The fraction of sp³-hybridized carbons (Fsp3) is 0.250. The van der Waals surface area contributed by atoms with E-state index < -0.39 is 35.0 Å². The van der Waals surface area contributed by atoms with Crippen molar-refractivity contribution in [3.63, 3.8) is 0 Å². The summed E-state index contributed by atoms with van der Waals surface area (Å²) in [6.45, 7) is 2.13. The molecule has 0 radical (unpaired) electrons. The number of ether oxygens (including phenoxy) is 1. The number of imidazole rings is 1. The number of fused-ring (bicyclic) bond motifs is 3. The number of nitriles is 1. The van der Waals surface area contributed by atoms with Crippen LogP contribution in [-0.4, -0.2) is 60.9 Å². The lowest BCUT2D eigenvalue weighted by Gasteiger charge is -2.48. The van der Waals surface area contributed by atoms with Crippen LogP contribution in [-0.2, 0) is 28.2 Å². The molecular weight excluding hydrogens is 617 g/mol. The van der Waals surface area contributed by atoms with E-state index in [0.29, 0.717) is 33.2 Å². The number of carbonyl (C=O) groups excluding carboxylic acids is 1. The van der Waals surface area contributed by atoms with Crippen LogP contribution in [0.25, 0.3) is 38.8 Å². The van der Waals surface area contributed by atoms with Crippen LogP contribution in [0.3, 0.4) is 0 Å². The Labute approximate surface area is 264 Å². The average molecular weight is 645 g/mol. The highest BCUT2D eigenvalue weighted by atomic mass is 19.4. The number of aryl methyl sites for hydroxylation is 1. The normalized spacial score (nSPS) is 14.6. The maximum absolute atomic E-state index is 13.6. The van der Waals surface area contributed by atoms with Gasteiger partial charge in [0.2, 0.25) is 11.8 Å². The van der Waals surface area contributed by atoms with Gasteiger partial charge in [0.05, 0.1) is 41.3 Å². The van der Waals surface area contributed by atoms with Crippen molar-refractivity contribution in [1.29, 1.82) is 5.26 Å². The zero-order chi connectivity index (χ0) is 33.7. The van der Waals surface area contributed by atoms with Gasteiger partial charge in [-0.2, -0.15) is 18.4 Å². The summed E-state index contributed by atoms with van der Waals surface area (Å²) >= 11 is 0. The van der Waals surface area contributed by atoms with Crippen molar-refractivity contribution in [2.24, 2.45) is 12.0 Å². The highest BCUT2D eigenvalue weighted by molar-refractivity contribution is 6.04. The largest absolute Gasteiger partial charge is 0.466 e. The molecule has 240 valence electrons. The van der Waals surface area contributed by atoms with E-state index in [1.165, 1.54) is 11.1 Å². The number of carboxylic acid groups (broad SMARTS) is 1. The molecule has 3 aromatic heterocycles. The third kappa shape index (κ3) is 5.37. The second kappa shape index (κ2) is 11.5. The molecule has 4 heterocycles. The Bertz CT molecular complexity index is 2180. The molecule has 6 rings (SSSR count). The first-order valence-electron chi connectivity index (χ1n) is 14.4. The van der Waals surface area contributed by atoms with Crippen LogP contribution in [0.5, 0.6) is 0 Å². The fourth-order valence-electron chi connectivity index (χ4n) is 6.13. The zero-order valence-electron chi connectivity index (χ0n) is 25.1. The third-order valence-corrected chi connectivity index (χ3v) is 8.40. The highest BCUT2D eigenvalue weighted by Crippen LogP contribution is 2.39. The van der Waals surface area contributed by atoms with Gasteiger partial charge >= 0.3 is 18.2 Å². The van der Waals surface area contributed by atoms with Crippen molar-refractivity contribution in [2.75, 3.05) is 25.4 Å². The number of carbonyl (C=O) groups is 2. The number of hydrogen-bond donors (Lipinski definition) is 2. The smallest absolute Gasteiger partial charge is 0.419 e. The van der Waals surface area contributed by atoms with Gasteiger partial charge in [0.15, 0.2) is 0 Å². The lowest BCUT2D eigenvalue weighted by atomic mass is 9.71. The van der Waals surface area contributed by atoms with Gasteiger partial charge in [-0.15, -0.1) is 4.99 Å². The maximum Gasteiger partial charge on any atom is 0.419 e. The van der Waals surface area contributed by atoms with Crippen molar-refractivity contribution in [3.8, 4) is 23.0 Å². The van der Waals surface area contributed by atoms with Crippen molar-refractivity contribution in [1.82, 2.24) is 24.0 Å². The van der Waals surface area contributed by atoms with Gasteiger partial charge < -0.3 is 25.0 Å². The molecule has 0 atom stereocenters. The lowest BCUT2D eigenvalue weighted by Crippen LogP contribution is -2.61. The predicted molar refractivity (Wildman–Crippen MR) is 164 cm³/mol. The molecule has 5 aromatic rings. The number of hydrogen-bond acceptors (Lipinski definition) is 8. The number of pyridine rings is 2. The standard InChI is InChI=1S/C32H27F3N8O4/c1-3-47-26(44)12-31(15-42(16-31)30(45)46)20-5-7-21(8-6-20)43-27-22-10-18(19-11-23(32(33,34)35)28(37)39-13-19)4-9-24(22)38-14-25(27)41(2)29(43)40-17-36/h4-11,13-14H,3,12,15-16H2,1-2H3,(H2,37,39)(H,45,46). The molecule has 3 N–H and O–H groups in total. The van der Waals surface area contributed by atoms with Gasteiger partial charge in [-0.25, -0.2) is 9.78 Å². The molecule has 15 heteroatoms. The molecule has 1 saturated heterocycles. The van der Waals surface area contributed by atoms with Crippen molar-refractivity contribution in [2.45, 2.75) is 24.9 Å². The number of amides is 1. The van der Waals surface area contributed by atoms with Gasteiger partial charge in [0, 0.05) is 48.4 Å². The lowest BCUT2D eigenvalue weighted by molar-refractivity contribution is -0.146. The monoisotopic (exact) mass is 644 g/mol. The van der Waals surface area contributed by atoms with Crippen LogP contribution in [0.15, 0.2) is 65.9 Å². The van der Waals surface area contributed by atoms with Crippen LogP contribution < -0.4 is 11.4 Å². The van der Waals surface area contributed by atoms with E-state index >= 15 is 0 Å². The summed E-state index contributed by atoms with van der Waals surface area (Å²) in [6, 6.07) is 13.1. The van der Waals surface area contributed by atoms with Crippen LogP contribution in [0.1, 0.15) is 24.5 Å². The third-order valence-electron chi connectivity index (χ3n) is 8.40. The van der Waals surface area contributed by atoms with Gasteiger partial charge in [-0.05, 0) is 48.4 Å². The number of halogens is 3. The van der Waals surface area contributed by atoms with E-state index in [0.717, 1.165) is 11.6 Å². The Morgan fingerprint density at radius 3 is 2.47 bits per heavy atom. The highest BCUT2D eigenvalue weighted by Gasteiger charge is 2.48. The zero-order valence-corrected chi connectivity index (χ0v) is 25.1. The second-order valence-electron chi connectivity index (χ2n) is 11.2. The second-order valence-corrected chi connectivity index (χ2v) is 11.2. The summed E-state index contributed by atoms with van der Waals surface area (Å²) < 4.78 is 49.4. The minimum absolute atomic E-state index is 0.00444. The average Bonchev–Trinajstić information content (AvgIpc) is 3.30. The number of alkyl halides is 3. The Balaban J connectivity index is 1.52. The molecule has 47 heavy (non-hydrogen) atoms. The Morgan fingerprint density at radius 1 is 1.11 bits per heavy atom. The van der Waals surface area contributed by atoms with Crippen molar-refractivity contribution in [3.05, 3.63) is 77.7 Å². The minimum Gasteiger partial charge on any atom is -0.466 e. The van der Waals surface area contributed by atoms with E-state index in [1.54, 1.807) is 71.8 Å². The number of benzene rings is 2. The van der Waals surface area contributed by atoms with Gasteiger partial charge in [0.1, 0.15) is 5.82 Å². The van der Waals surface area contributed by atoms with Gasteiger partial charge in [-0.1, -0.05) is 18.2 Å². The molecule has 0 saturated carbocycles. The molecule has 1 aliphatic heterocycles. The minimum atomic E-state index is -4.69. The van der Waals surface area contributed by atoms with E-state index in [2.05, 4.69) is 15.0 Å². The Morgan fingerprint density at radius 2 is 1.83 bits per heavy atom. The SMILES string of the molecule is CCOC(=O)CC1(c2ccc(-n3c(=NC#N)n(C)c4cnc5ccc(-c6cnc(N)c(C(F)(F)F)c6)cc5c43)cc2)CN(C(=O)O)C1. The van der Waals surface area contributed by atoms with E-state index in [-0.39, 0.29) is 37.3 Å². The van der Waals surface area contributed by atoms with E-state index in [9.17, 15) is 33.1 Å². The first-order valence-corrected chi connectivity index (χ1v) is 14.4. The summed E-state index contributed by atoms with van der Waals surface area (Å²) in [5, 5.41) is 19.6. The molecule has 0 bridgehead atoms. The predicted octanol–water partition coefficient (Wildman–Crippen LogP) is 4.75. The molecule has 1 amide bonds. The number of nitrogens with zero attached hydrogens (tertiary/aromatic N) is 7. The number of likely N-dealkylation sites (tertiary alicyclic amines) is 1. The van der Waals surface area contributed by atoms with Crippen LogP contribution in [0, 0.1) is 11.5 Å². The number of aromatic nitrogens is 4. The van der Waals surface area contributed by atoms with Gasteiger partial charge in [-0.3, -0.25) is 14.3 Å². The van der Waals surface area contributed by atoms with Crippen LogP contribution in [0.2, 0.25) is 0 Å². The summed E-state index contributed by atoms with van der Waals surface area (Å²) in [6.07, 6.45) is -1.06. The van der Waals surface area contributed by atoms with Crippen LogP contribution >= 0.6 is 0 Å². The molecule has 1 fully saturated rings. The number of nitrogens with two attached hydrogens (primary N) is 1. The summed E-state index contributed by atoms with van der Waals surface area (Å²) in [5.41, 5.74) is 7.62. The summed E-state index contributed by atoms with van der Waals surface area (Å²) in [5.74, 6) is -1.06. The molecule has 12 nitrogen and oxygen atoms in total. The van der Waals surface area contributed by atoms with E-state index in [1.807, 2.05) is 6.19 Å². The van der Waals surface area contributed by atoms with Crippen molar-refractivity contribution < 1.29 is 32.6 Å². The van der Waals surface area contributed by atoms with E-state index in [4.69, 9.17) is 10.5 Å². The Kier molecular flexibility index (Phi) is 7.58. The fourth-order valence-corrected chi connectivity index (χ4v) is 6.13. The van der Waals surface area contributed by atoms with Crippen molar-refractivity contribution >= 4 is 39.8 Å². The number of anilines is 1. The molecule has 2 aromatic carbocycles. The summed E-state index contributed by atoms with van der Waals surface area (Å²) in [7, 11) is 1.71. The van der Waals surface area contributed by atoms with Crippen LogP contribution in [0.4, 0.5) is 23.8 Å². The molecule has 0 aliphatic carbocycles. The number of rotatable bonds is 6. The Hall–Kier alpha value is -5.91. The maximum atomic E-state index is 13.6. The molecule has 0 spiro atoms. The molecular formula is C32H27F3N8O4. The first kappa shape index (κ1) is 31.1. The molecule has 1 aliphatic rings. The topological polar surface area (TPSA) is 165 Å².